The molecule has 0 saturated carbocycles. The number of piperidine rings is 1. The van der Waals surface area contributed by atoms with Gasteiger partial charge in [-0.2, -0.15) is 8.78 Å². The van der Waals surface area contributed by atoms with Crippen LogP contribution in [0.5, 0.6) is 0 Å². The molecule has 1 rings (SSSR count). The van der Waals surface area contributed by atoms with Gasteiger partial charge in [-0.25, -0.2) is 0 Å². The molecule has 1 heterocycles. The first-order valence-electron chi connectivity index (χ1n) is 3.71. The fourth-order valence-electron chi connectivity index (χ4n) is 1.30. The van der Waals surface area contributed by atoms with E-state index in [0.717, 1.165) is 0 Å². The molecule has 0 bridgehead atoms. The molecule has 11 heavy (non-hydrogen) atoms. The van der Waals surface area contributed by atoms with Gasteiger partial charge in [0, 0.05) is 5.92 Å². The van der Waals surface area contributed by atoms with Gasteiger partial charge < -0.3 is 5.32 Å². The van der Waals surface area contributed by atoms with Gasteiger partial charge in [0.1, 0.15) is 0 Å². The standard InChI is InChI=1S/C7H11F2NO/c8-7(9,5-11)6-1-3-10-4-2-6/h5-6,10H,1-4H2. The number of aldehydes is 1. The summed E-state index contributed by atoms with van der Waals surface area (Å²) < 4.78 is 25.3. The molecule has 4 heteroatoms. The molecular weight excluding hydrogens is 152 g/mol. The molecule has 1 N–H and O–H groups in total. The highest BCUT2D eigenvalue weighted by Gasteiger charge is 2.39. The third-order valence-electron chi connectivity index (χ3n) is 2.04. The second-order valence-corrected chi connectivity index (χ2v) is 2.82. The summed E-state index contributed by atoms with van der Waals surface area (Å²) in [5.41, 5.74) is 0. The lowest BCUT2D eigenvalue weighted by molar-refractivity contribution is -0.138. The number of alkyl halides is 2. The summed E-state index contributed by atoms with van der Waals surface area (Å²) in [7, 11) is 0. The van der Waals surface area contributed by atoms with Gasteiger partial charge in [-0.05, 0) is 25.9 Å². The highest BCUT2D eigenvalue weighted by atomic mass is 19.3. The SMILES string of the molecule is O=CC(F)(F)C1CCNCC1. The maximum atomic E-state index is 12.6. The maximum Gasteiger partial charge on any atom is 0.305 e. The Labute approximate surface area is 64.0 Å². The van der Waals surface area contributed by atoms with Gasteiger partial charge >= 0.3 is 5.92 Å². The Morgan fingerprint density at radius 3 is 2.36 bits per heavy atom. The van der Waals surface area contributed by atoms with E-state index in [1.54, 1.807) is 0 Å². The van der Waals surface area contributed by atoms with Crippen LogP contribution in [0.2, 0.25) is 0 Å². The lowest BCUT2D eigenvalue weighted by Crippen LogP contribution is -2.38. The van der Waals surface area contributed by atoms with Crippen molar-refractivity contribution in [2.75, 3.05) is 13.1 Å². The number of nitrogens with one attached hydrogen (secondary N) is 1. The molecule has 1 aliphatic heterocycles. The van der Waals surface area contributed by atoms with Crippen LogP contribution in [0.15, 0.2) is 0 Å². The van der Waals surface area contributed by atoms with Crippen molar-refractivity contribution in [3.05, 3.63) is 0 Å². The summed E-state index contributed by atoms with van der Waals surface area (Å²) in [5.74, 6) is -3.86. The number of hydrogen-bond acceptors (Lipinski definition) is 2. The van der Waals surface area contributed by atoms with E-state index in [0.29, 0.717) is 25.9 Å². The minimum absolute atomic E-state index is 0.233. The van der Waals surface area contributed by atoms with Crippen LogP contribution < -0.4 is 5.32 Å². The van der Waals surface area contributed by atoms with E-state index in [1.807, 2.05) is 0 Å². The third kappa shape index (κ3) is 1.96. The first-order valence-corrected chi connectivity index (χ1v) is 3.71. The van der Waals surface area contributed by atoms with Crippen molar-refractivity contribution < 1.29 is 13.6 Å². The van der Waals surface area contributed by atoms with Crippen molar-refractivity contribution >= 4 is 6.29 Å². The summed E-state index contributed by atoms with van der Waals surface area (Å²) in [6.07, 6.45) is 0.556. The van der Waals surface area contributed by atoms with Gasteiger partial charge in [0.2, 0.25) is 0 Å². The monoisotopic (exact) mass is 163 g/mol. The van der Waals surface area contributed by atoms with E-state index in [4.69, 9.17) is 0 Å². The molecule has 0 radical (unpaired) electrons. The van der Waals surface area contributed by atoms with Crippen LogP contribution in [0, 0.1) is 5.92 Å². The molecule has 0 aromatic rings. The van der Waals surface area contributed by atoms with Gasteiger partial charge in [0.25, 0.3) is 0 Å². The number of halogens is 2. The maximum absolute atomic E-state index is 12.6. The van der Waals surface area contributed by atoms with Crippen LogP contribution in [0.3, 0.4) is 0 Å². The summed E-state index contributed by atoms with van der Waals surface area (Å²) >= 11 is 0. The largest absolute Gasteiger partial charge is 0.317 e. The van der Waals surface area contributed by atoms with Crippen molar-refractivity contribution in [2.45, 2.75) is 18.8 Å². The topological polar surface area (TPSA) is 29.1 Å². The first-order chi connectivity index (χ1) is 5.17. The van der Waals surface area contributed by atoms with Crippen molar-refractivity contribution in [2.24, 2.45) is 5.92 Å². The molecule has 0 spiro atoms. The van der Waals surface area contributed by atoms with Gasteiger partial charge in [-0.1, -0.05) is 0 Å². The highest BCUT2D eigenvalue weighted by molar-refractivity contribution is 5.60. The van der Waals surface area contributed by atoms with Crippen LogP contribution >= 0.6 is 0 Å². The van der Waals surface area contributed by atoms with Crippen LogP contribution in [0.25, 0.3) is 0 Å². The number of carbonyl (C=O) groups is 1. The van der Waals surface area contributed by atoms with E-state index in [9.17, 15) is 13.6 Å². The van der Waals surface area contributed by atoms with Crippen molar-refractivity contribution in [3.63, 3.8) is 0 Å². The number of carbonyl (C=O) groups excluding carboxylic acids is 1. The van der Waals surface area contributed by atoms with E-state index in [-0.39, 0.29) is 6.29 Å². The molecule has 1 fully saturated rings. The Kier molecular flexibility index (Phi) is 2.54. The lowest BCUT2D eigenvalue weighted by Gasteiger charge is -2.26. The predicted octanol–water partition coefficient (Wildman–Crippen LogP) is 0.820. The zero-order valence-corrected chi connectivity index (χ0v) is 6.15. The minimum Gasteiger partial charge on any atom is -0.317 e. The molecule has 64 valence electrons. The number of rotatable bonds is 2. The summed E-state index contributed by atoms with van der Waals surface area (Å²) in [4.78, 5) is 9.96. The highest BCUT2D eigenvalue weighted by Crippen LogP contribution is 2.28. The minimum atomic E-state index is -3.11. The van der Waals surface area contributed by atoms with E-state index in [2.05, 4.69) is 5.32 Å². The first kappa shape index (κ1) is 8.59. The molecule has 0 aliphatic carbocycles. The molecule has 1 saturated heterocycles. The third-order valence-corrected chi connectivity index (χ3v) is 2.04. The molecule has 2 nitrogen and oxygen atoms in total. The molecule has 0 aromatic carbocycles. The van der Waals surface area contributed by atoms with Crippen LogP contribution in [0.4, 0.5) is 8.78 Å². The van der Waals surface area contributed by atoms with Gasteiger partial charge in [-0.15, -0.1) is 0 Å². The normalized spacial score (nSPS) is 21.6. The fraction of sp³-hybridized carbons (Fsp3) is 0.857. The second kappa shape index (κ2) is 3.26. The zero-order valence-electron chi connectivity index (χ0n) is 6.15. The van der Waals surface area contributed by atoms with E-state index >= 15 is 0 Å². The van der Waals surface area contributed by atoms with Gasteiger partial charge in [0.05, 0.1) is 0 Å². The van der Waals surface area contributed by atoms with Crippen LogP contribution in [-0.4, -0.2) is 25.3 Å². The predicted molar refractivity (Wildman–Crippen MR) is 36.6 cm³/mol. The molecule has 1 aliphatic rings. The Balaban J connectivity index is 2.50. The van der Waals surface area contributed by atoms with Gasteiger partial charge in [-0.3, -0.25) is 4.79 Å². The number of hydrogen-bond donors (Lipinski definition) is 1. The second-order valence-electron chi connectivity index (χ2n) is 2.82. The summed E-state index contributed by atoms with van der Waals surface area (Å²) in [6, 6.07) is 0. The van der Waals surface area contributed by atoms with E-state index in [1.165, 1.54) is 0 Å². The quantitative estimate of drug-likeness (QED) is 0.610. The molecule has 0 aromatic heterocycles. The molecule has 0 amide bonds. The fourth-order valence-corrected chi connectivity index (χ4v) is 1.30. The van der Waals surface area contributed by atoms with Gasteiger partial charge in [0.15, 0.2) is 6.29 Å². The Morgan fingerprint density at radius 1 is 1.36 bits per heavy atom. The molecule has 0 atom stereocenters. The zero-order chi connectivity index (χ0) is 8.32. The van der Waals surface area contributed by atoms with Crippen molar-refractivity contribution in [3.8, 4) is 0 Å². The Morgan fingerprint density at radius 2 is 1.91 bits per heavy atom. The molecular formula is C7H11F2NO. The summed E-state index contributed by atoms with van der Waals surface area (Å²) in [6.45, 7) is 1.18. The van der Waals surface area contributed by atoms with Crippen LogP contribution in [0.1, 0.15) is 12.8 Å². The Hall–Kier alpha value is -0.510. The average molecular weight is 163 g/mol. The smallest absolute Gasteiger partial charge is 0.305 e. The van der Waals surface area contributed by atoms with E-state index < -0.39 is 11.8 Å². The Bertz CT molecular complexity index is 143. The molecule has 0 unspecified atom stereocenters. The lowest BCUT2D eigenvalue weighted by atomic mass is 9.92. The average Bonchev–Trinajstić information content (AvgIpc) is 2.06. The van der Waals surface area contributed by atoms with Crippen LogP contribution in [-0.2, 0) is 4.79 Å². The van der Waals surface area contributed by atoms with Crippen molar-refractivity contribution in [1.29, 1.82) is 0 Å². The summed E-state index contributed by atoms with van der Waals surface area (Å²) in [5, 5.41) is 2.96. The van der Waals surface area contributed by atoms with Crippen molar-refractivity contribution in [1.82, 2.24) is 5.32 Å².